The molecule has 0 saturated carbocycles. The van der Waals surface area contributed by atoms with Crippen LogP contribution in [0.1, 0.15) is 28.8 Å². The maximum atomic E-state index is 12.3. The van der Waals surface area contributed by atoms with Gasteiger partial charge < -0.3 is 10.2 Å². The Hall–Kier alpha value is -2.19. The summed E-state index contributed by atoms with van der Waals surface area (Å²) in [7, 11) is 0. The van der Waals surface area contributed by atoms with Gasteiger partial charge >= 0.3 is 11.9 Å². The van der Waals surface area contributed by atoms with Gasteiger partial charge in [0.2, 0.25) is 0 Å². The van der Waals surface area contributed by atoms with Gasteiger partial charge in [-0.15, -0.1) is 0 Å². The second-order valence-corrected chi connectivity index (χ2v) is 6.44. The first kappa shape index (κ1) is 17.2. The minimum atomic E-state index is -1.04. The number of nitrogens with zero attached hydrogens (tertiary/aromatic N) is 1. The Morgan fingerprint density at radius 3 is 2.70 bits per heavy atom. The normalized spacial score (nSPS) is 16.2. The fraction of sp³-hybridized carbons (Fsp3) is 0.200. The lowest BCUT2D eigenvalue weighted by atomic mass is 10.1. The number of carbonyl (C=O) groups excluding carboxylic acids is 1. The van der Waals surface area contributed by atoms with E-state index < -0.39 is 11.9 Å². The zero-order chi connectivity index (χ0) is 17.0. The zero-order valence-corrected chi connectivity index (χ0v) is 13.5. The molecule has 0 aromatic heterocycles. The van der Waals surface area contributed by atoms with E-state index in [9.17, 15) is 14.4 Å². The second-order valence-electron chi connectivity index (χ2n) is 4.76. The molecule has 23 heavy (non-hydrogen) atoms. The van der Waals surface area contributed by atoms with E-state index in [1.165, 1.54) is 17.0 Å². The summed E-state index contributed by atoms with van der Waals surface area (Å²) in [5, 5.41) is 17.6. The molecule has 2 N–H and O–H groups in total. The van der Waals surface area contributed by atoms with Crippen LogP contribution in [-0.4, -0.2) is 43.8 Å². The Morgan fingerprint density at radius 2 is 2.04 bits per heavy atom. The first-order valence-electron chi connectivity index (χ1n) is 6.69. The summed E-state index contributed by atoms with van der Waals surface area (Å²) in [5.74, 6) is -2.25. The molecule has 1 aliphatic rings. The van der Waals surface area contributed by atoms with Crippen LogP contribution in [-0.2, 0) is 9.59 Å². The molecule has 0 unspecified atom stereocenters. The summed E-state index contributed by atoms with van der Waals surface area (Å²) in [6.45, 7) is 0.253. The summed E-state index contributed by atoms with van der Waals surface area (Å²) in [4.78, 5) is 35.6. The van der Waals surface area contributed by atoms with Crippen molar-refractivity contribution in [1.82, 2.24) is 4.90 Å². The lowest BCUT2D eigenvalue weighted by Gasteiger charge is -2.13. The predicted molar refractivity (Wildman–Crippen MR) is 90.2 cm³/mol. The van der Waals surface area contributed by atoms with Crippen molar-refractivity contribution in [3.05, 3.63) is 40.3 Å². The number of aliphatic carboxylic acids is 1. The molecular formula is C15H13NO5S2. The van der Waals surface area contributed by atoms with Crippen LogP contribution in [0.4, 0.5) is 0 Å². The number of rotatable bonds is 6. The van der Waals surface area contributed by atoms with E-state index >= 15 is 0 Å². The average Bonchev–Trinajstić information content (AvgIpc) is 2.74. The molecule has 6 nitrogen and oxygen atoms in total. The molecule has 0 bridgehead atoms. The molecular weight excluding hydrogens is 338 g/mol. The number of hydrogen-bond donors (Lipinski definition) is 2. The van der Waals surface area contributed by atoms with Gasteiger partial charge in [0.05, 0.1) is 10.5 Å². The van der Waals surface area contributed by atoms with Gasteiger partial charge in [-0.25, -0.2) is 4.79 Å². The van der Waals surface area contributed by atoms with Gasteiger partial charge in [-0.2, -0.15) is 0 Å². The van der Waals surface area contributed by atoms with E-state index in [1.54, 1.807) is 18.2 Å². The number of benzene rings is 1. The average molecular weight is 351 g/mol. The molecule has 1 aromatic rings. The third-order valence-electron chi connectivity index (χ3n) is 3.08. The molecule has 1 aromatic carbocycles. The highest BCUT2D eigenvalue weighted by atomic mass is 32.2. The number of carboxylic acids is 2. The lowest BCUT2D eigenvalue weighted by molar-refractivity contribution is -0.137. The molecule has 8 heteroatoms. The first-order chi connectivity index (χ1) is 10.9. The number of hydrogen-bond acceptors (Lipinski definition) is 5. The molecule has 1 heterocycles. The highest BCUT2D eigenvalue weighted by Gasteiger charge is 2.31. The fourth-order valence-electron chi connectivity index (χ4n) is 1.99. The molecule has 1 saturated heterocycles. The standard InChI is InChI=1S/C15H13NO5S2/c17-12(18)5-2-6-16-13(19)11(23-15(16)22)8-9-3-1-4-10(7-9)14(20)21/h1,3-4,7-8H,2,5-6H2,(H,17,18)(H,20,21). The summed E-state index contributed by atoms with van der Waals surface area (Å²) >= 11 is 6.27. The van der Waals surface area contributed by atoms with Crippen molar-refractivity contribution in [2.45, 2.75) is 12.8 Å². The van der Waals surface area contributed by atoms with E-state index in [1.807, 2.05) is 0 Å². The van der Waals surface area contributed by atoms with Crippen LogP contribution in [0.25, 0.3) is 6.08 Å². The van der Waals surface area contributed by atoms with Crippen molar-refractivity contribution >= 4 is 52.2 Å². The van der Waals surface area contributed by atoms with Gasteiger partial charge in [-0.05, 0) is 30.2 Å². The number of thiocarbonyl (C=S) groups is 1. The smallest absolute Gasteiger partial charge is 0.335 e. The largest absolute Gasteiger partial charge is 0.481 e. The van der Waals surface area contributed by atoms with Crippen LogP contribution in [0.15, 0.2) is 29.2 Å². The Balaban J connectivity index is 2.13. The van der Waals surface area contributed by atoms with Gasteiger partial charge in [0.25, 0.3) is 5.91 Å². The summed E-state index contributed by atoms with van der Waals surface area (Å²) in [6.07, 6.45) is 1.88. The molecule has 2 rings (SSSR count). The molecule has 0 radical (unpaired) electrons. The molecule has 1 amide bonds. The molecule has 0 aliphatic carbocycles. The van der Waals surface area contributed by atoms with Crippen LogP contribution < -0.4 is 0 Å². The van der Waals surface area contributed by atoms with E-state index in [2.05, 4.69) is 0 Å². The Bertz CT molecular complexity index is 714. The molecule has 1 fully saturated rings. The van der Waals surface area contributed by atoms with Crippen LogP contribution in [0.2, 0.25) is 0 Å². The molecule has 1 aliphatic heterocycles. The van der Waals surface area contributed by atoms with E-state index in [0.29, 0.717) is 21.2 Å². The van der Waals surface area contributed by atoms with Crippen molar-refractivity contribution in [3.63, 3.8) is 0 Å². The zero-order valence-electron chi connectivity index (χ0n) is 11.9. The Morgan fingerprint density at radius 1 is 1.30 bits per heavy atom. The van der Waals surface area contributed by atoms with Crippen molar-refractivity contribution in [2.24, 2.45) is 0 Å². The highest BCUT2D eigenvalue weighted by molar-refractivity contribution is 8.26. The monoisotopic (exact) mass is 351 g/mol. The third-order valence-corrected chi connectivity index (χ3v) is 4.46. The second kappa shape index (κ2) is 7.38. The number of carbonyl (C=O) groups is 3. The SMILES string of the molecule is O=C(O)CCCN1C(=O)C(=Cc2cccc(C(=O)O)c2)SC1=S. The topological polar surface area (TPSA) is 94.9 Å². The van der Waals surface area contributed by atoms with Gasteiger partial charge in [0.15, 0.2) is 0 Å². The van der Waals surface area contributed by atoms with E-state index in [4.69, 9.17) is 22.4 Å². The van der Waals surface area contributed by atoms with Gasteiger partial charge in [0.1, 0.15) is 4.32 Å². The van der Waals surface area contributed by atoms with Crippen molar-refractivity contribution in [3.8, 4) is 0 Å². The maximum absolute atomic E-state index is 12.3. The van der Waals surface area contributed by atoms with Gasteiger partial charge in [-0.3, -0.25) is 14.5 Å². The number of thioether (sulfide) groups is 1. The summed E-state index contributed by atoms with van der Waals surface area (Å²) < 4.78 is 0.376. The summed E-state index contributed by atoms with van der Waals surface area (Å²) in [5.41, 5.74) is 0.728. The van der Waals surface area contributed by atoms with Crippen molar-refractivity contribution in [2.75, 3.05) is 6.54 Å². The maximum Gasteiger partial charge on any atom is 0.335 e. The minimum absolute atomic E-state index is 0.0310. The number of amides is 1. The van der Waals surface area contributed by atoms with Crippen LogP contribution in [0, 0.1) is 0 Å². The van der Waals surface area contributed by atoms with E-state index in [-0.39, 0.29) is 24.4 Å². The van der Waals surface area contributed by atoms with Gasteiger partial charge in [0, 0.05) is 13.0 Å². The van der Waals surface area contributed by atoms with Gasteiger partial charge in [-0.1, -0.05) is 36.1 Å². The van der Waals surface area contributed by atoms with Crippen LogP contribution in [0.3, 0.4) is 0 Å². The minimum Gasteiger partial charge on any atom is -0.481 e. The number of carboxylic acid groups (broad SMARTS) is 2. The van der Waals surface area contributed by atoms with Crippen LogP contribution in [0.5, 0.6) is 0 Å². The molecule has 120 valence electrons. The quantitative estimate of drug-likeness (QED) is 0.600. The molecule has 0 spiro atoms. The fourth-order valence-corrected chi connectivity index (χ4v) is 3.30. The van der Waals surface area contributed by atoms with Crippen LogP contribution >= 0.6 is 24.0 Å². The lowest BCUT2D eigenvalue weighted by Crippen LogP contribution is -2.29. The Kier molecular flexibility index (Phi) is 5.51. The van der Waals surface area contributed by atoms with Crippen molar-refractivity contribution in [1.29, 1.82) is 0 Å². The van der Waals surface area contributed by atoms with E-state index in [0.717, 1.165) is 11.8 Å². The Labute approximate surface area is 141 Å². The number of aromatic carboxylic acids is 1. The highest BCUT2D eigenvalue weighted by Crippen LogP contribution is 2.32. The third kappa shape index (κ3) is 4.40. The molecule has 0 atom stereocenters. The van der Waals surface area contributed by atoms with Crippen molar-refractivity contribution < 1.29 is 24.6 Å². The predicted octanol–water partition coefficient (Wildman–Crippen LogP) is 2.45. The first-order valence-corrected chi connectivity index (χ1v) is 7.91. The summed E-state index contributed by atoms with van der Waals surface area (Å²) in [6, 6.07) is 6.24.